The quantitative estimate of drug-likeness (QED) is 0.763. The predicted molar refractivity (Wildman–Crippen MR) is 72.3 cm³/mol. The van der Waals surface area contributed by atoms with Gasteiger partial charge in [0.2, 0.25) is 0 Å². The van der Waals surface area contributed by atoms with E-state index >= 15 is 0 Å². The van der Waals surface area contributed by atoms with Crippen LogP contribution in [0.5, 0.6) is 0 Å². The van der Waals surface area contributed by atoms with E-state index in [1.54, 1.807) is 27.7 Å². The maximum Gasteiger partial charge on any atom is 0.408 e. The first-order valence-corrected chi connectivity index (χ1v) is 6.40. The van der Waals surface area contributed by atoms with E-state index in [1.807, 2.05) is 0 Å². The number of amides is 1. The second-order valence-electron chi connectivity index (χ2n) is 5.62. The average molecular weight is 283 g/mol. The smallest absolute Gasteiger partial charge is 0.408 e. The molecule has 7 heteroatoms. The molecule has 0 aliphatic heterocycles. The molecule has 0 saturated carbocycles. The third-order valence-electron chi connectivity index (χ3n) is 2.80. The van der Waals surface area contributed by atoms with Crippen molar-refractivity contribution in [2.75, 3.05) is 0 Å². The molecule has 0 aliphatic carbocycles. The fourth-order valence-electron chi connectivity index (χ4n) is 1.74. The van der Waals surface area contributed by atoms with Gasteiger partial charge < -0.3 is 20.1 Å². The zero-order chi connectivity index (χ0) is 15.4. The van der Waals surface area contributed by atoms with Crippen LogP contribution in [0.2, 0.25) is 0 Å². The van der Waals surface area contributed by atoms with Crippen LogP contribution in [0.1, 0.15) is 39.8 Å². The Kier molecular flexibility index (Phi) is 4.75. The van der Waals surface area contributed by atoms with Gasteiger partial charge in [-0.2, -0.15) is 0 Å². The number of alkyl carbamates (subject to hydrolysis) is 1. The second kappa shape index (κ2) is 5.94. The van der Waals surface area contributed by atoms with Gasteiger partial charge in [0.25, 0.3) is 0 Å². The molecule has 0 fully saturated rings. The van der Waals surface area contributed by atoms with Crippen molar-refractivity contribution in [3.63, 3.8) is 0 Å². The Hall–Kier alpha value is -2.05. The average Bonchev–Trinajstić information content (AvgIpc) is 2.77. The van der Waals surface area contributed by atoms with Gasteiger partial charge in [0.05, 0.1) is 6.33 Å². The highest BCUT2D eigenvalue weighted by Gasteiger charge is 2.40. The number of hydrogen-bond acceptors (Lipinski definition) is 4. The van der Waals surface area contributed by atoms with E-state index in [0.29, 0.717) is 5.69 Å². The van der Waals surface area contributed by atoms with Crippen molar-refractivity contribution < 1.29 is 19.4 Å². The Bertz CT molecular complexity index is 464. The summed E-state index contributed by atoms with van der Waals surface area (Å²) in [6, 6.07) is 0. The van der Waals surface area contributed by atoms with Gasteiger partial charge in [-0.25, -0.2) is 14.6 Å². The third-order valence-corrected chi connectivity index (χ3v) is 2.80. The zero-order valence-electron chi connectivity index (χ0n) is 12.2. The van der Waals surface area contributed by atoms with Gasteiger partial charge >= 0.3 is 12.1 Å². The fourth-order valence-corrected chi connectivity index (χ4v) is 1.74. The number of nitrogens with one attached hydrogen (secondary N) is 2. The predicted octanol–water partition coefficient (Wildman–Crippen LogP) is 1.71. The van der Waals surface area contributed by atoms with Gasteiger partial charge in [-0.1, -0.05) is 6.92 Å². The molecular weight excluding hydrogens is 262 g/mol. The summed E-state index contributed by atoms with van der Waals surface area (Å²) < 4.78 is 5.13. The Morgan fingerprint density at radius 1 is 1.45 bits per heavy atom. The lowest BCUT2D eigenvalue weighted by atomic mass is 9.91. The van der Waals surface area contributed by atoms with Crippen LogP contribution in [0.3, 0.4) is 0 Å². The largest absolute Gasteiger partial charge is 0.479 e. The Balaban J connectivity index is 2.89. The van der Waals surface area contributed by atoms with Crippen LogP contribution < -0.4 is 5.32 Å². The van der Waals surface area contributed by atoms with Gasteiger partial charge in [-0.3, -0.25) is 0 Å². The highest BCUT2D eigenvalue weighted by Crippen LogP contribution is 2.18. The molecule has 0 aromatic carbocycles. The molecule has 0 aliphatic rings. The number of aromatic nitrogens is 2. The molecular formula is C13H21N3O4. The lowest BCUT2D eigenvalue weighted by molar-refractivity contribution is -0.145. The van der Waals surface area contributed by atoms with E-state index < -0.39 is 23.2 Å². The summed E-state index contributed by atoms with van der Waals surface area (Å²) in [6.07, 6.45) is 2.58. The van der Waals surface area contributed by atoms with Crippen molar-refractivity contribution in [1.29, 1.82) is 0 Å². The van der Waals surface area contributed by atoms with Crippen LogP contribution in [-0.2, 0) is 16.0 Å². The van der Waals surface area contributed by atoms with E-state index in [0.717, 1.165) is 0 Å². The van der Waals surface area contributed by atoms with Crippen LogP contribution in [0, 0.1) is 0 Å². The van der Waals surface area contributed by atoms with Gasteiger partial charge in [-0.05, 0) is 27.2 Å². The van der Waals surface area contributed by atoms with E-state index in [9.17, 15) is 14.7 Å². The number of imidazole rings is 1. The summed E-state index contributed by atoms with van der Waals surface area (Å²) in [4.78, 5) is 30.1. The molecule has 1 atom stereocenters. The molecule has 0 bridgehead atoms. The van der Waals surface area contributed by atoms with Crippen molar-refractivity contribution in [3.8, 4) is 0 Å². The molecule has 1 heterocycles. The number of aromatic amines is 1. The number of hydrogen-bond donors (Lipinski definition) is 3. The maximum atomic E-state index is 11.8. The van der Waals surface area contributed by atoms with Crippen molar-refractivity contribution in [2.45, 2.75) is 51.7 Å². The summed E-state index contributed by atoms with van der Waals surface area (Å²) in [5.41, 5.74) is -1.48. The monoisotopic (exact) mass is 283 g/mol. The third kappa shape index (κ3) is 4.25. The van der Waals surface area contributed by atoms with Crippen LogP contribution in [0.4, 0.5) is 4.79 Å². The summed E-state index contributed by atoms with van der Waals surface area (Å²) in [6.45, 7) is 6.85. The molecule has 0 unspecified atom stereocenters. The Morgan fingerprint density at radius 3 is 2.50 bits per heavy atom. The Labute approximate surface area is 117 Å². The standard InChI is InChI=1S/C13H21N3O4/c1-5-13(10(17)18,6-9-7-14-8-15-9)16-11(19)20-12(2,3)4/h7-8H,5-6H2,1-4H3,(H,14,15)(H,16,19)(H,17,18)/t13-/m0/s1. The van der Waals surface area contributed by atoms with Crippen LogP contribution in [-0.4, -0.2) is 38.3 Å². The number of carboxylic acid groups (broad SMARTS) is 1. The SMILES string of the molecule is CC[C@@](Cc1cnc[nH]1)(NC(=O)OC(C)(C)C)C(=O)O. The van der Waals surface area contributed by atoms with E-state index in [4.69, 9.17) is 4.74 Å². The number of aliphatic carboxylic acids is 1. The van der Waals surface area contributed by atoms with E-state index in [1.165, 1.54) is 12.5 Å². The number of ether oxygens (including phenoxy) is 1. The topological polar surface area (TPSA) is 104 Å². The van der Waals surface area contributed by atoms with Crippen molar-refractivity contribution in [3.05, 3.63) is 18.2 Å². The number of nitrogens with zero attached hydrogens (tertiary/aromatic N) is 1. The molecule has 1 amide bonds. The molecule has 1 aromatic rings. The number of carboxylic acids is 1. The molecule has 3 N–H and O–H groups in total. The fraction of sp³-hybridized carbons (Fsp3) is 0.615. The molecule has 0 saturated heterocycles. The Morgan fingerprint density at radius 2 is 2.10 bits per heavy atom. The zero-order valence-corrected chi connectivity index (χ0v) is 12.2. The molecule has 112 valence electrons. The van der Waals surface area contributed by atoms with Crippen LogP contribution in [0.15, 0.2) is 12.5 Å². The number of carbonyl (C=O) groups is 2. The first-order valence-electron chi connectivity index (χ1n) is 6.40. The van der Waals surface area contributed by atoms with Crippen molar-refractivity contribution in [2.24, 2.45) is 0 Å². The molecule has 7 nitrogen and oxygen atoms in total. The molecule has 20 heavy (non-hydrogen) atoms. The van der Waals surface area contributed by atoms with Gasteiger partial charge in [0.1, 0.15) is 11.1 Å². The molecule has 1 rings (SSSR count). The van der Waals surface area contributed by atoms with Crippen LogP contribution >= 0.6 is 0 Å². The second-order valence-corrected chi connectivity index (χ2v) is 5.62. The van der Waals surface area contributed by atoms with Gasteiger partial charge in [0.15, 0.2) is 0 Å². The highest BCUT2D eigenvalue weighted by atomic mass is 16.6. The molecule has 1 aromatic heterocycles. The number of H-pyrrole nitrogens is 1. The first-order chi connectivity index (χ1) is 9.18. The molecule has 0 spiro atoms. The summed E-state index contributed by atoms with van der Waals surface area (Å²) >= 11 is 0. The minimum absolute atomic E-state index is 0.109. The summed E-state index contributed by atoms with van der Waals surface area (Å²) in [7, 11) is 0. The van der Waals surface area contributed by atoms with Crippen molar-refractivity contribution in [1.82, 2.24) is 15.3 Å². The maximum absolute atomic E-state index is 11.8. The minimum Gasteiger partial charge on any atom is -0.479 e. The van der Waals surface area contributed by atoms with Crippen LogP contribution in [0.25, 0.3) is 0 Å². The summed E-state index contributed by atoms with van der Waals surface area (Å²) in [5, 5.41) is 11.9. The van der Waals surface area contributed by atoms with E-state index in [2.05, 4.69) is 15.3 Å². The normalized spacial score (nSPS) is 14.4. The number of carbonyl (C=O) groups excluding carboxylic acids is 1. The van der Waals surface area contributed by atoms with E-state index in [-0.39, 0.29) is 12.8 Å². The van der Waals surface area contributed by atoms with Gasteiger partial charge in [0, 0.05) is 18.3 Å². The minimum atomic E-state index is -1.42. The lowest BCUT2D eigenvalue weighted by Gasteiger charge is -2.30. The first kappa shape index (κ1) is 16.0. The molecule has 0 radical (unpaired) electrons. The highest BCUT2D eigenvalue weighted by molar-refractivity contribution is 5.84. The van der Waals surface area contributed by atoms with Gasteiger partial charge in [-0.15, -0.1) is 0 Å². The lowest BCUT2D eigenvalue weighted by Crippen LogP contribution is -2.56. The summed E-state index contributed by atoms with van der Waals surface area (Å²) in [5.74, 6) is -1.11. The number of rotatable bonds is 5. The van der Waals surface area contributed by atoms with Crippen molar-refractivity contribution >= 4 is 12.1 Å².